The van der Waals surface area contributed by atoms with Crippen molar-refractivity contribution >= 4 is 23.7 Å². The summed E-state index contributed by atoms with van der Waals surface area (Å²) in [5.41, 5.74) is 2.82. The van der Waals surface area contributed by atoms with Crippen molar-refractivity contribution in [2.75, 3.05) is 25.0 Å². The number of fused-ring (bicyclic) bond motifs is 1. The second-order valence-electron chi connectivity index (χ2n) is 9.86. The number of nitrogens with one attached hydrogen (secondary N) is 2. The lowest BCUT2D eigenvalue weighted by Gasteiger charge is -2.40. The van der Waals surface area contributed by atoms with E-state index in [0.717, 1.165) is 29.7 Å². The highest BCUT2D eigenvalue weighted by Crippen LogP contribution is 2.27. The number of aromatic hydroxyl groups is 1. The summed E-state index contributed by atoms with van der Waals surface area (Å²) in [6.45, 7) is 2.69. The Labute approximate surface area is 211 Å². The van der Waals surface area contributed by atoms with Crippen molar-refractivity contribution in [3.8, 4) is 5.75 Å². The molecule has 2 saturated heterocycles. The molecule has 5 amide bonds. The summed E-state index contributed by atoms with van der Waals surface area (Å²) in [6, 6.07) is 13.9. The lowest BCUT2D eigenvalue weighted by Crippen LogP contribution is -2.55. The van der Waals surface area contributed by atoms with Gasteiger partial charge in [-0.2, -0.15) is 0 Å². The first kappa shape index (κ1) is 24.0. The quantitative estimate of drug-likeness (QED) is 0.609. The third-order valence-corrected chi connectivity index (χ3v) is 7.42. The maximum atomic E-state index is 13.2. The van der Waals surface area contributed by atoms with Crippen LogP contribution in [-0.4, -0.2) is 69.5 Å². The van der Waals surface area contributed by atoms with E-state index in [-0.39, 0.29) is 29.8 Å². The maximum absolute atomic E-state index is 13.2. The first-order valence-corrected chi connectivity index (χ1v) is 12.8. The number of rotatable bonds is 4. The molecule has 1 atom stereocenters. The first-order chi connectivity index (χ1) is 17.5. The van der Waals surface area contributed by atoms with Gasteiger partial charge in [-0.15, -0.1) is 0 Å². The van der Waals surface area contributed by atoms with Gasteiger partial charge in [0.2, 0.25) is 5.91 Å². The third-order valence-electron chi connectivity index (χ3n) is 7.42. The van der Waals surface area contributed by atoms with Gasteiger partial charge >= 0.3 is 12.1 Å². The number of phenolic OH excluding ortho intramolecular Hbond substituents is 1. The molecule has 2 aromatic rings. The Balaban J connectivity index is 1.15. The molecule has 36 heavy (non-hydrogen) atoms. The standard InChI is InChI=1S/C27H33N5O4/c33-22-8-5-6-19(16-22)17-31-13-4-3-10-24(25(31)34)29-26(35)30-14-11-21(12-15-30)32-18-20-7-1-2-9-23(20)28-27(32)36/h1-2,5-9,16,21,24,33H,3-4,10-15,17-18H2,(H,28,36)(H,29,35). The number of likely N-dealkylation sites (tertiary alicyclic amines) is 2. The van der Waals surface area contributed by atoms with E-state index >= 15 is 0 Å². The zero-order chi connectivity index (χ0) is 25.1. The van der Waals surface area contributed by atoms with Crippen molar-refractivity contribution in [2.24, 2.45) is 0 Å². The highest BCUT2D eigenvalue weighted by atomic mass is 16.3. The lowest BCUT2D eigenvalue weighted by molar-refractivity contribution is -0.133. The predicted molar refractivity (Wildman–Crippen MR) is 135 cm³/mol. The van der Waals surface area contributed by atoms with Crippen molar-refractivity contribution in [1.82, 2.24) is 20.0 Å². The van der Waals surface area contributed by atoms with Crippen molar-refractivity contribution in [3.05, 3.63) is 59.7 Å². The summed E-state index contributed by atoms with van der Waals surface area (Å²) in [5.74, 6) is 0.0944. The van der Waals surface area contributed by atoms with Crippen LogP contribution in [0.25, 0.3) is 0 Å². The highest BCUT2D eigenvalue weighted by Gasteiger charge is 2.34. The van der Waals surface area contributed by atoms with Gasteiger partial charge < -0.3 is 30.4 Å². The Hall–Kier alpha value is -3.75. The Bertz CT molecular complexity index is 1130. The molecule has 3 aliphatic heterocycles. The van der Waals surface area contributed by atoms with Crippen LogP contribution in [0.4, 0.5) is 15.3 Å². The number of hydrogen-bond acceptors (Lipinski definition) is 4. The molecule has 2 aromatic carbocycles. The van der Waals surface area contributed by atoms with Crippen LogP contribution in [0.2, 0.25) is 0 Å². The van der Waals surface area contributed by atoms with Gasteiger partial charge in [-0.25, -0.2) is 9.59 Å². The Morgan fingerprint density at radius 3 is 2.61 bits per heavy atom. The predicted octanol–water partition coefficient (Wildman–Crippen LogP) is 3.50. The van der Waals surface area contributed by atoms with E-state index in [1.807, 2.05) is 35.2 Å². The summed E-state index contributed by atoms with van der Waals surface area (Å²) in [5, 5.41) is 15.7. The highest BCUT2D eigenvalue weighted by molar-refractivity contribution is 5.92. The molecule has 3 heterocycles. The monoisotopic (exact) mass is 491 g/mol. The normalized spacial score (nSPS) is 21.0. The van der Waals surface area contributed by atoms with E-state index in [2.05, 4.69) is 10.6 Å². The molecule has 5 rings (SSSR count). The topological polar surface area (TPSA) is 105 Å². The molecule has 0 bridgehead atoms. The molecule has 9 heteroatoms. The molecule has 0 spiro atoms. The van der Waals surface area contributed by atoms with Gasteiger partial charge in [0.05, 0.1) is 0 Å². The van der Waals surface area contributed by atoms with Crippen molar-refractivity contribution in [3.63, 3.8) is 0 Å². The van der Waals surface area contributed by atoms with Crippen LogP contribution in [0.5, 0.6) is 5.75 Å². The van der Waals surface area contributed by atoms with Crippen molar-refractivity contribution < 1.29 is 19.5 Å². The number of anilines is 1. The van der Waals surface area contributed by atoms with Crippen LogP contribution in [-0.2, 0) is 17.9 Å². The minimum atomic E-state index is -0.556. The second-order valence-corrected chi connectivity index (χ2v) is 9.86. The van der Waals surface area contributed by atoms with Gasteiger partial charge in [0.25, 0.3) is 0 Å². The zero-order valence-electron chi connectivity index (χ0n) is 20.4. The number of carbonyl (C=O) groups is 3. The molecule has 3 N–H and O–H groups in total. The maximum Gasteiger partial charge on any atom is 0.322 e. The minimum absolute atomic E-state index is 0.0692. The van der Waals surface area contributed by atoms with Crippen molar-refractivity contribution in [2.45, 2.75) is 57.3 Å². The number of piperidine rings is 1. The Kier molecular flexibility index (Phi) is 6.97. The fraction of sp³-hybridized carbons (Fsp3) is 0.444. The van der Waals surface area contributed by atoms with Crippen LogP contribution in [0.1, 0.15) is 43.2 Å². The average molecular weight is 492 g/mol. The van der Waals surface area contributed by atoms with Crippen LogP contribution in [0.15, 0.2) is 48.5 Å². The molecule has 0 aliphatic carbocycles. The third kappa shape index (κ3) is 5.24. The van der Waals surface area contributed by atoms with Crippen LogP contribution >= 0.6 is 0 Å². The van der Waals surface area contributed by atoms with E-state index in [0.29, 0.717) is 52.0 Å². The molecular formula is C27H33N5O4. The van der Waals surface area contributed by atoms with Crippen LogP contribution < -0.4 is 10.6 Å². The van der Waals surface area contributed by atoms with Gasteiger partial charge in [-0.3, -0.25) is 4.79 Å². The Morgan fingerprint density at radius 1 is 1.00 bits per heavy atom. The van der Waals surface area contributed by atoms with E-state index in [4.69, 9.17) is 0 Å². The average Bonchev–Trinajstić information content (AvgIpc) is 3.05. The van der Waals surface area contributed by atoms with Gasteiger partial charge in [-0.1, -0.05) is 30.3 Å². The molecular weight excluding hydrogens is 458 g/mol. The smallest absolute Gasteiger partial charge is 0.322 e. The number of carbonyl (C=O) groups excluding carboxylic acids is 3. The fourth-order valence-corrected chi connectivity index (χ4v) is 5.41. The molecule has 2 fully saturated rings. The van der Waals surface area contributed by atoms with Gasteiger partial charge in [0.15, 0.2) is 0 Å². The van der Waals surface area contributed by atoms with Crippen LogP contribution in [0.3, 0.4) is 0 Å². The molecule has 0 saturated carbocycles. The summed E-state index contributed by atoms with van der Waals surface area (Å²) < 4.78 is 0. The second kappa shape index (κ2) is 10.5. The number of hydrogen-bond donors (Lipinski definition) is 3. The molecule has 0 aromatic heterocycles. The van der Waals surface area contributed by atoms with E-state index < -0.39 is 6.04 Å². The van der Waals surface area contributed by atoms with Gasteiger partial charge in [-0.05, 0) is 61.4 Å². The SMILES string of the molecule is O=C(NC1CCCCN(Cc2cccc(O)c2)C1=O)N1CCC(N2Cc3ccccc3NC2=O)CC1. The zero-order valence-corrected chi connectivity index (χ0v) is 20.4. The fourth-order valence-electron chi connectivity index (χ4n) is 5.41. The number of phenols is 1. The molecule has 1 unspecified atom stereocenters. The minimum Gasteiger partial charge on any atom is -0.508 e. The summed E-state index contributed by atoms with van der Waals surface area (Å²) in [6.07, 6.45) is 3.76. The summed E-state index contributed by atoms with van der Waals surface area (Å²) in [4.78, 5) is 44.3. The van der Waals surface area contributed by atoms with Gasteiger partial charge in [0, 0.05) is 44.5 Å². The summed E-state index contributed by atoms with van der Waals surface area (Å²) >= 11 is 0. The number of nitrogens with zero attached hydrogens (tertiary/aromatic N) is 3. The molecule has 190 valence electrons. The van der Waals surface area contributed by atoms with Crippen LogP contribution in [0, 0.1) is 0 Å². The van der Waals surface area contributed by atoms with Crippen molar-refractivity contribution in [1.29, 1.82) is 0 Å². The summed E-state index contributed by atoms with van der Waals surface area (Å²) in [7, 11) is 0. The molecule has 9 nitrogen and oxygen atoms in total. The van der Waals surface area contributed by atoms with E-state index in [1.54, 1.807) is 28.0 Å². The molecule has 0 radical (unpaired) electrons. The molecule has 3 aliphatic rings. The lowest BCUT2D eigenvalue weighted by atomic mass is 10.0. The number of urea groups is 2. The van der Waals surface area contributed by atoms with Gasteiger partial charge in [0.1, 0.15) is 11.8 Å². The first-order valence-electron chi connectivity index (χ1n) is 12.8. The van der Waals surface area contributed by atoms with E-state index in [1.165, 1.54) is 0 Å². The number of para-hydroxylation sites is 1. The van der Waals surface area contributed by atoms with E-state index in [9.17, 15) is 19.5 Å². The number of benzene rings is 2. The number of amides is 5. The Morgan fingerprint density at radius 2 is 1.81 bits per heavy atom. The largest absolute Gasteiger partial charge is 0.508 e.